The molecule has 1 fully saturated rings. The minimum Gasteiger partial charge on any atom is -0.350 e. The van der Waals surface area contributed by atoms with E-state index in [1.165, 1.54) is 12.1 Å². The summed E-state index contributed by atoms with van der Waals surface area (Å²) >= 11 is 0. The summed E-state index contributed by atoms with van der Waals surface area (Å²) in [6.45, 7) is 0.155. The molecule has 1 aliphatic rings. The highest BCUT2D eigenvalue weighted by molar-refractivity contribution is 5.70. The molecule has 0 spiro atoms. The summed E-state index contributed by atoms with van der Waals surface area (Å²) in [4.78, 5) is 20.9. The van der Waals surface area contributed by atoms with Crippen molar-refractivity contribution in [3.63, 3.8) is 0 Å². The predicted octanol–water partition coefficient (Wildman–Crippen LogP) is 1.47. The third-order valence-corrected chi connectivity index (χ3v) is 3.09. The highest BCUT2D eigenvalue weighted by Gasteiger charge is 2.40. The van der Waals surface area contributed by atoms with E-state index >= 15 is 0 Å². The van der Waals surface area contributed by atoms with Crippen LogP contribution in [0.3, 0.4) is 0 Å². The molecule has 7 heteroatoms. The minimum atomic E-state index is -0.889. The molecule has 2 amide bonds. The molecule has 0 saturated heterocycles. The van der Waals surface area contributed by atoms with Crippen LogP contribution in [0.4, 0.5) is 10.5 Å². The van der Waals surface area contributed by atoms with E-state index in [-0.39, 0.29) is 24.1 Å². The van der Waals surface area contributed by atoms with Crippen molar-refractivity contribution < 1.29 is 14.9 Å². The number of nitrogens with two attached hydrogens (primary N) is 1. The van der Waals surface area contributed by atoms with Crippen LogP contribution in [-0.4, -0.2) is 27.8 Å². The lowest BCUT2D eigenvalue weighted by atomic mass is 10.1. The molecular weight excluding hydrogens is 238 g/mol. The van der Waals surface area contributed by atoms with Gasteiger partial charge in [0.25, 0.3) is 5.69 Å². The molecule has 1 aromatic carbocycles. The van der Waals surface area contributed by atoms with E-state index in [4.69, 9.17) is 5.73 Å². The molecule has 96 valence electrons. The van der Waals surface area contributed by atoms with Crippen molar-refractivity contribution in [2.45, 2.75) is 12.3 Å². The van der Waals surface area contributed by atoms with E-state index in [0.29, 0.717) is 5.06 Å². The monoisotopic (exact) mass is 251 g/mol. The number of benzene rings is 1. The van der Waals surface area contributed by atoms with Gasteiger partial charge in [-0.1, -0.05) is 12.1 Å². The fourth-order valence-electron chi connectivity index (χ4n) is 2.04. The van der Waals surface area contributed by atoms with Crippen LogP contribution in [-0.2, 0) is 0 Å². The topological polar surface area (TPSA) is 110 Å². The van der Waals surface area contributed by atoms with E-state index in [1.807, 2.05) is 6.07 Å². The van der Waals surface area contributed by atoms with Gasteiger partial charge in [-0.2, -0.15) is 0 Å². The number of nitro groups is 1. The lowest BCUT2D eigenvalue weighted by molar-refractivity contribution is -0.384. The molecule has 2 atom stereocenters. The van der Waals surface area contributed by atoms with Gasteiger partial charge in [0.2, 0.25) is 0 Å². The number of urea groups is 1. The third-order valence-electron chi connectivity index (χ3n) is 3.09. The highest BCUT2D eigenvalue weighted by atomic mass is 16.6. The number of carbonyl (C=O) groups is 1. The first-order valence-electron chi connectivity index (χ1n) is 5.49. The standard InChI is InChI=1S/C11H13N3O4/c12-11(15)13(16)6-8-5-10(8)7-2-1-3-9(4-7)14(17)18/h1-4,8,10,16H,5-6H2,(H2,12,15)/t8-,10-/m0/s1. The van der Waals surface area contributed by atoms with E-state index in [2.05, 4.69) is 0 Å². The Morgan fingerprint density at radius 2 is 2.33 bits per heavy atom. The SMILES string of the molecule is NC(=O)N(O)C[C@@H]1C[C@H]1c1cccc([N+](=O)[O-])c1. The molecular formula is C11H13N3O4. The van der Waals surface area contributed by atoms with Crippen LogP contribution < -0.4 is 5.73 Å². The molecule has 1 aromatic rings. The quantitative estimate of drug-likeness (QED) is 0.479. The van der Waals surface area contributed by atoms with Crippen LogP contribution in [0.1, 0.15) is 17.9 Å². The number of nitro benzene ring substituents is 1. The van der Waals surface area contributed by atoms with Crippen LogP contribution in [0.2, 0.25) is 0 Å². The summed E-state index contributed by atoms with van der Waals surface area (Å²) in [5.41, 5.74) is 5.81. The molecule has 0 aliphatic heterocycles. The molecule has 0 bridgehead atoms. The maximum atomic E-state index is 10.7. The third kappa shape index (κ3) is 2.57. The number of non-ortho nitro benzene ring substituents is 1. The van der Waals surface area contributed by atoms with Crippen molar-refractivity contribution in [1.82, 2.24) is 5.06 Å². The Balaban J connectivity index is 2.01. The first-order valence-corrected chi connectivity index (χ1v) is 5.49. The Bertz CT molecular complexity index is 491. The van der Waals surface area contributed by atoms with Gasteiger partial charge in [0.05, 0.1) is 11.5 Å². The summed E-state index contributed by atoms with van der Waals surface area (Å²) in [6, 6.07) is 5.51. The zero-order valence-corrected chi connectivity index (χ0v) is 9.52. The Hall–Kier alpha value is -2.15. The molecule has 0 heterocycles. The first-order chi connectivity index (χ1) is 8.49. The van der Waals surface area contributed by atoms with Crippen molar-refractivity contribution in [3.8, 4) is 0 Å². The molecule has 0 radical (unpaired) electrons. The highest BCUT2D eigenvalue weighted by Crippen LogP contribution is 2.48. The second-order valence-corrected chi connectivity index (χ2v) is 4.37. The smallest absolute Gasteiger partial charge is 0.338 e. The van der Waals surface area contributed by atoms with E-state index in [1.54, 1.807) is 6.07 Å². The van der Waals surface area contributed by atoms with Crippen molar-refractivity contribution in [3.05, 3.63) is 39.9 Å². The van der Waals surface area contributed by atoms with Crippen LogP contribution in [0.25, 0.3) is 0 Å². The van der Waals surface area contributed by atoms with Gasteiger partial charge in [-0.3, -0.25) is 15.3 Å². The van der Waals surface area contributed by atoms with Crippen molar-refractivity contribution in [2.75, 3.05) is 6.54 Å². The Morgan fingerprint density at radius 1 is 1.61 bits per heavy atom. The average molecular weight is 251 g/mol. The number of amides is 2. The summed E-state index contributed by atoms with van der Waals surface area (Å²) in [5.74, 6) is 0.239. The molecule has 0 unspecified atom stereocenters. The van der Waals surface area contributed by atoms with Gasteiger partial charge >= 0.3 is 6.03 Å². The molecule has 18 heavy (non-hydrogen) atoms. The zero-order chi connectivity index (χ0) is 13.3. The molecule has 3 N–H and O–H groups in total. The fraction of sp³-hybridized carbons (Fsp3) is 0.364. The van der Waals surface area contributed by atoms with Crippen LogP contribution >= 0.6 is 0 Å². The normalized spacial score (nSPS) is 21.4. The summed E-state index contributed by atoms with van der Waals surface area (Å²) in [7, 11) is 0. The van der Waals surface area contributed by atoms with Crippen molar-refractivity contribution in [1.29, 1.82) is 0 Å². The lowest BCUT2D eigenvalue weighted by Crippen LogP contribution is -2.34. The van der Waals surface area contributed by atoms with Gasteiger partial charge in [-0.05, 0) is 23.8 Å². The zero-order valence-electron chi connectivity index (χ0n) is 9.52. The number of hydroxylamine groups is 2. The maximum Gasteiger partial charge on any atom is 0.338 e. The number of primary amides is 1. The summed E-state index contributed by atoms with van der Waals surface area (Å²) < 4.78 is 0. The molecule has 2 rings (SSSR count). The van der Waals surface area contributed by atoms with Crippen LogP contribution in [0, 0.1) is 16.0 Å². The first kappa shape index (κ1) is 12.3. The molecule has 1 saturated carbocycles. The van der Waals surface area contributed by atoms with Gasteiger partial charge < -0.3 is 5.73 Å². The van der Waals surface area contributed by atoms with Crippen LogP contribution in [0.5, 0.6) is 0 Å². The number of nitrogens with zero attached hydrogens (tertiary/aromatic N) is 2. The minimum absolute atomic E-state index is 0.0499. The Morgan fingerprint density at radius 3 is 2.94 bits per heavy atom. The van der Waals surface area contributed by atoms with E-state index < -0.39 is 11.0 Å². The Labute approximate surface area is 103 Å². The number of hydrogen-bond acceptors (Lipinski definition) is 4. The fourth-order valence-corrected chi connectivity index (χ4v) is 2.04. The van der Waals surface area contributed by atoms with Gasteiger partial charge in [-0.15, -0.1) is 0 Å². The molecule has 1 aliphatic carbocycles. The van der Waals surface area contributed by atoms with Crippen molar-refractivity contribution >= 4 is 11.7 Å². The molecule has 7 nitrogen and oxygen atoms in total. The summed E-state index contributed by atoms with van der Waals surface area (Å²) in [6.07, 6.45) is 0.783. The maximum absolute atomic E-state index is 10.7. The van der Waals surface area contributed by atoms with E-state index in [0.717, 1.165) is 12.0 Å². The van der Waals surface area contributed by atoms with Crippen LogP contribution in [0.15, 0.2) is 24.3 Å². The van der Waals surface area contributed by atoms with E-state index in [9.17, 15) is 20.1 Å². The van der Waals surface area contributed by atoms with Gasteiger partial charge in [0.15, 0.2) is 0 Å². The second-order valence-electron chi connectivity index (χ2n) is 4.37. The van der Waals surface area contributed by atoms with Gasteiger partial charge in [-0.25, -0.2) is 9.86 Å². The largest absolute Gasteiger partial charge is 0.350 e. The number of rotatable bonds is 4. The molecule has 0 aromatic heterocycles. The number of carbonyl (C=O) groups excluding carboxylic acids is 1. The predicted molar refractivity (Wildman–Crippen MR) is 62.0 cm³/mol. The lowest BCUT2D eigenvalue weighted by Gasteiger charge is -2.11. The van der Waals surface area contributed by atoms with Crippen molar-refractivity contribution in [2.24, 2.45) is 11.7 Å². The van der Waals surface area contributed by atoms with Gasteiger partial charge in [0.1, 0.15) is 0 Å². The average Bonchev–Trinajstić information content (AvgIpc) is 3.08. The van der Waals surface area contributed by atoms with Gasteiger partial charge in [0, 0.05) is 12.1 Å². The second kappa shape index (κ2) is 4.61. The summed E-state index contributed by atoms with van der Waals surface area (Å²) in [5, 5.41) is 20.3. The number of hydrogen-bond donors (Lipinski definition) is 2. The Kier molecular flexibility index (Phi) is 3.15.